The first-order valence-electron chi connectivity index (χ1n) is 3.84. The van der Waals surface area contributed by atoms with Crippen LogP contribution < -0.4 is 0 Å². The van der Waals surface area contributed by atoms with Crippen LogP contribution in [-0.2, 0) is 36.0 Å². The second-order valence-electron chi connectivity index (χ2n) is 2.43. The molecule has 0 rings (SSSR count). The normalized spacial score (nSPS) is 9.00. The van der Waals surface area contributed by atoms with Gasteiger partial charge in [0.25, 0.3) is 0 Å². The molecule has 0 bridgehead atoms. The summed E-state index contributed by atoms with van der Waals surface area (Å²) in [4.78, 5) is 21.3. The summed E-state index contributed by atoms with van der Waals surface area (Å²) < 4.78 is 4.42. The Bertz CT molecular complexity index is 152. The van der Waals surface area contributed by atoms with Crippen LogP contribution >= 0.6 is 0 Å². The third-order valence-corrected chi connectivity index (χ3v) is 1.56. The predicted octanol–water partition coefficient (Wildman–Crippen LogP) is 1.51. The molecule has 0 saturated carbocycles. The molecule has 0 aliphatic rings. The number of esters is 2. The van der Waals surface area contributed by atoms with E-state index in [-0.39, 0.29) is 27.6 Å². The Kier molecular flexibility index (Phi) is 8.99. The van der Waals surface area contributed by atoms with Crippen molar-refractivity contribution >= 4 is 11.9 Å². The summed E-state index contributed by atoms with van der Waals surface area (Å²) in [6, 6.07) is 0. The van der Waals surface area contributed by atoms with Crippen molar-refractivity contribution in [2.45, 2.75) is 33.6 Å². The molecule has 0 heterocycles. The Hall–Kier alpha value is -0.146. The molecule has 0 aliphatic heterocycles. The largest absolute Gasteiger partial charge is 0.393 e. The molecule has 0 aromatic rings. The van der Waals surface area contributed by atoms with Crippen LogP contribution in [0.25, 0.3) is 0 Å². The second-order valence-corrected chi connectivity index (χ2v) is 2.43. The molecule has 12 heavy (non-hydrogen) atoms. The number of carbonyl (C=O) groups excluding carboxylic acids is 2. The van der Waals surface area contributed by atoms with Crippen molar-refractivity contribution in [1.82, 2.24) is 0 Å². The van der Waals surface area contributed by atoms with Crippen LogP contribution in [0.4, 0.5) is 0 Å². The van der Waals surface area contributed by atoms with E-state index in [0.717, 1.165) is 12.8 Å². The summed E-state index contributed by atoms with van der Waals surface area (Å²) in [5.41, 5.74) is 0. The average Bonchev–Trinajstić information content (AvgIpc) is 1.88. The van der Waals surface area contributed by atoms with E-state index in [1.165, 1.54) is 6.92 Å². The van der Waals surface area contributed by atoms with Crippen LogP contribution in [0, 0.1) is 5.92 Å². The molecule has 0 aromatic heterocycles. The minimum absolute atomic E-state index is 0. The summed E-state index contributed by atoms with van der Waals surface area (Å²) in [6.07, 6.45) is 1.45. The number of rotatable bonds is 3. The summed E-state index contributed by atoms with van der Waals surface area (Å²) in [5, 5.41) is 0. The minimum Gasteiger partial charge on any atom is -0.393 e. The summed E-state index contributed by atoms with van der Waals surface area (Å²) >= 11 is 0. The van der Waals surface area contributed by atoms with Gasteiger partial charge < -0.3 is 4.74 Å². The van der Waals surface area contributed by atoms with Crippen molar-refractivity contribution in [3.8, 4) is 0 Å². The van der Waals surface area contributed by atoms with E-state index in [4.69, 9.17) is 0 Å². The molecule has 0 aliphatic carbocycles. The Morgan fingerprint density at radius 2 is 1.67 bits per heavy atom. The summed E-state index contributed by atoms with van der Waals surface area (Å²) in [6.45, 7) is 5.03. The maximum absolute atomic E-state index is 11.0. The monoisotopic (exact) mass is 206 g/mol. The fourth-order valence-electron chi connectivity index (χ4n) is 0.847. The maximum atomic E-state index is 11.0. The molecule has 0 fully saturated rings. The molecule has 0 radical (unpaired) electrons. The van der Waals surface area contributed by atoms with E-state index < -0.39 is 11.9 Å². The fourth-order valence-corrected chi connectivity index (χ4v) is 0.847. The average molecular weight is 206 g/mol. The predicted molar refractivity (Wildman–Crippen MR) is 40.8 cm³/mol. The number of ether oxygens (including phenoxy) is 1. The van der Waals surface area contributed by atoms with Crippen LogP contribution in [0.2, 0.25) is 0 Å². The van der Waals surface area contributed by atoms with Gasteiger partial charge in [-0.1, -0.05) is 13.8 Å². The van der Waals surface area contributed by atoms with Gasteiger partial charge in [-0.15, -0.1) is 0 Å². The Morgan fingerprint density at radius 3 is 1.92 bits per heavy atom. The van der Waals surface area contributed by atoms with Gasteiger partial charge >= 0.3 is 11.9 Å². The van der Waals surface area contributed by atoms with Gasteiger partial charge in [-0.25, -0.2) is 0 Å². The SMILES string of the molecule is CCC(CC)C(=O)OC(C)=O.[Ti]. The molecule has 0 aromatic carbocycles. The molecule has 0 N–H and O–H groups in total. The zero-order chi connectivity index (χ0) is 8.85. The summed E-state index contributed by atoms with van der Waals surface area (Å²) in [5.74, 6) is -1.05. The van der Waals surface area contributed by atoms with Crippen molar-refractivity contribution in [3.05, 3.63) is 0 Å². The first-order chi connectivity index (χ1) is 5.11. The first kappa shape index (κ1) is 14.4. The van der Waals surface area contributed by atoms with Gasteiger partial charge in [0.05, 0.1) is 5.92 Å². The molecule has 3 nitrogen and oxygen atoms in total. The zero-order valence-electron chi connectivity index (χ0n) is 7.72. The van der Waals surface area contributed by atoms with Gasteiger partial charge in [-0.05, 0) is 12.8 Å². The van der Waals surface area contributed by atoms with Crippen molar-refractivity contribution in [3.63, 3.8) is 0 Å². The first-order valence-corrected chi connectivity index (χ1v) is 3.84. The van der Waals surface area contributed by atoms with Crippen LogP contribution in [0.5, 0.6) is 0 Å². The van der Waals surface area contributed by atoms with Crippen molar-refractivity contribution < 1.29 is 36.0 Å². The van der Waals surface area contributed by atoms with E-state index >= 15 is 0 Å². The number of hydrogen-bond acceptors (Lipinski definition) is 3. The van der Waals surface area contributed by atoms with Crippen LogP contribution in [0.1, 0.15) is 33.6 Å². The Labute approximate surface area is 87.7 Å². The van der Waals surface area contributed by atoms with Crippen LogP contribution in [0.15, 0.2) is 0 Å². The van der Waals surface area contributed by atoms with Gasteiger partial charge in [-0.2, -0.15) is 0 Å². The van der Waals surface area contributed by atoms with E-state index in [0.29, 0.717) is 0 Å². The molecule has 4 heteroatoms. The molecular weight excluding hydrogens is 192 g/mol. The van der Waals surface area contributed by atoms with Crippen LogP contribution in [0.3, 0.4) is 0 Å². The maximum Gasteiger partial charge on any atom is 0.316 e. The van der Waals surface area contributed by atoms with Gasteiger partial charge in [0.1, 0.15) is 0 Å². The molecule has 0 amide bonds. The Morgan fingerprint density at radius 1 is 1.25 bits per heavy atom. The topological polar surface area (TPSA) is 43.4 Å². The number of carbonyl (C=O) groups is 2. The third-order valence-electron chi connectivity index (χ3n) is 1.56. The quantitative estimate of drug-likeness (QED) is 0.399. The van der Waals surface area contributed by atoms with Crippen LogP contribution in [-0.4, -0.2) is 11.9 Å². The number of hydrogen-bond donors (Lipinski definition) is 0. The third kappa shape index (κ3) is 5.50. The molecule has 0 atom stereocenters. The molecular formula is C8H14O3Ti. The van der Waals surface area contributed by atoms with E-state index in [1.807, 2.05) is 13.8 Å². The molecule has 0 saturated heterocycles. The van der Waals surface area contributed by atoms with E-state index in [9.17, 15) is 9.59 Å². The Balaban J connectivity index is 0. The van der Waals surface area contributed by atoms with Gasteiger partial charge in [0, 0.05) is 28.6 Å². The van der Waals surface area contributed by atoms with E-state index in [1.54, 1.807) is 0 Å². The zero-order valence-corrected chi connectivity index (χ0v) is 9.28. The smallest absolute Gasteiger partial charge is 0.316 e. The molecule has 0 spiro atoms. The van der Waals surface area contributed by atoms with Gasteiger partial charge in [0.2, 0.25) is 0 Å². The summed E-state index contributed by atoms with van der Waals surface area (Å²) in [7, 11) is 0. The fraction of sp³-hybridized carbons (Fsp3) is 0.750. The van der Waals surface area contributed by atoms with E-state index in [2.05, 4.69) is 4.74 Å². The van der Waals surface area contributed by atoms with Crippen molar-refractivity contribution in [2.75, 3.05) is 0 Å². The minimum atomic E-state index is -0.526. The van der Waals surface area contributed by atoms with Crippen molar-refractivity contribution in [2.24, 2.45) is 5.92 Å². The second kappa shape index (κ2) is 7.50. The van der Waals surface area contributed by atoms with Crippen molar-refractivity contribution in [1.29, 1.82) is 0 Å². The van der Waals surface area contributed by atoms with Gasteiger partial charge in [0.15, 0.2) is 0 Å². The molecule has 0 unspecified atom stereocenters. The standard InChI is InChI=1S/C8H14O3.Ti/c1-4-7(5-2)8(10)11-6(3)9;/h7H,4-5H2,1-3H3;. The van der Waals surface area contributed by atoms with Gasteiger partial charge in [-0.3, -0.25) is 9.59 Å². The molecule has 68 valence electrons.